The predicted molar refractivity (Wildman–Crippen MR) is 75.5 cm³/mol. The van der Waals surface area contributed by atoms with E-state index >= 15 is 0 Å². The van der Waals surface area contributed by atoms with Crippen molar-refractivity contribution in [3.63, 3.8) is 0 Å². The van der Waals surface area contributed by atoms with Gasteiger partial charge in [-0.1, -0.05) is 64.1 Å². The molecular weight excluding hydrogens is 422 g/mol. The summed E-state index contributed by atoms with van der Waals surface area (Å²) in [4.78, 5) is 9.26. The number of carbonyl (C=O) groups excluding carboxylic acids is 1. The summed E-state index contributed by atoms with van der Waals surface area (Å²) in [5.41, 5.74) is -1.53. The van der Waals surface area contributed by atoms with E-state index in [2.05, 4.69) is 4.74 Å². The van der Waals surface area contributed by atoms with Crippen LogP contribution < -0.4 is 0 Å². The summed E-state index contributed by atoms with van der Waals surface area (Å²) in [5.74, 6) is -2.39. The maximum Gasteiger partial charge on any atom is 0.490 e. The molecular formula is C10H5Cl6F3O2. The fourth-order valence-corrected chi connectivity index (χ4v) is 4.84. The lowest BCUT2D eigenvalue weighted by Crippen LogP contribution is -2.53. The monoisotopic (exact) mass is 424 g/mol. The SMILES string of the molecule is O=C(OCC12C=C(Cl)C(Cl)(C1)C(Cl)(Cl)C2(Cl)Cl)C(F)(F)F. The molecule has 21 heavy (non-hydrogen) atoms. The average molecular weight is 427 g/mol. The van der Waals surface area contributed by atoms with Crippen molar-refractivity contribution in [3.8, 4) is 0 Å². The minimum Gasteiger partial charge on any atom is -0.458 e. The van der Waals surface area contributed by atoms with Crippen molar-refractivity contribution in [3.05, 3.63) is 11.1 Å². The van der Waals surface area contributed by atoms with Crippen LogP contribution in [0.3, 0.4) is 0 Å². The van der Waals surface area contributed by atoms with Crippen molar-refractivity contribution in [1.82, 2.24) is 0 Å². The third-order valence-electron chi connectivity index (χ3n) is 3.55. The Morgan fingerprint density at radius 1 is 1.19 bits per heavy atom. The first-order valence-corrected chi connectivity index (χ1v) is 7.55. The molecule has 0 aromatic heterocycles. The largest absolute Gasteiger partial charge is 0.490 e. The summed E-state index contributed by atoms with van der Waals surface area (Å²) in [7, 11) is 0. The minimum absolute atomic E-state index is 0.0193. The molecule has 0 aromatic carbocycles. The molecule has 0 N–H and O–H groups in total. The number of alkyl halides is 8. The maximum atomic E-state index is 12.2. The number of rotatable bonds is 2. The van der Waals surface area contributed by atoms with E-state index in [0.29, 0.717) is 0 Å². The van der Waals surface area contributed by atoms with Crippen molar-refractivity contribution < 1.29 is 22.7 Å². The molecule has 0 aromatic rings. The molecule has 2 bridgehead atoms. The van der Waals surface area contributed by atoms with Crippen molar-refractivity contribution in [2.45, 2.75) is 26.1 Å². The highest BCUT2D eigenvalue weighted by molar-refractivity contribution is 6.68. The first-order chi connectivity index (χ1) is 9.21. The van der Waals surface area contributed by atoms with Crippen LogP contribution in [0.2, 0.25) is 0 Å². The van der Waals surface area contributed by atoms with Crippen LogP contribution in [0.1, 0.15) is 6.42 Å². The Balaban J connectivity index is 2.33. The van der Waals surface area contributed by atoms with Crippen molar-refractivity contribution >= 4 is 75.6 Å². The normalized spacial score (nSPS) is 36.5. The highest BCUT2D eigenvalue weighted by atomic mass is 35.5. The number of hydrogen-bond acceptors (Lipinski definition) is 2. The van der Waals surface area contributed by atoms with E-state index in [1.165, 1.54) is 6.08 Å². The summed E-state index contributed by atoms with van der Waals surface area (Å²) in [5, 5.41) is -0.0193. The molecule has 0 amide bonds. The zero-order valence-corrected chi connectivity index (χ0v) is 14.2. The Kier molecular flexibility index (Phi) is 4.19. The van der Waals surface area contributed by atoms with E-state index in [1.54, 1.807) is 0 Å². The third-order valence-corrected chi connectivity index (χ3v) is 7.81. The maximum absolute atomic E-state index is 12.2. The quantitative estimate of drug-likeness (QED) is 0.461. The molecule has 0 aliphatic heterocycles. The Morgan fingerprint density at radius 2 is 1.71 bits per heavy atom. The Bertz CT molecular complexity index is 531. The van der Waals surface area contributed by atoms with Crippen LogP contribution in [0.15, 0.2) is 11.1 Å². The highest BCUT2D eigenvalue weighted by Gasteiger charge is 2.80. The van der Waals surface area contributed by atoms with Gasteiger partial charge in [-0.2, -0.15) is 13.2 Å². The molecule has 2 aliphatic carbocycles. The van der Waals surface area contributed by atoms with Gasteiger partial charge in [-0.15, -0.1) is 11.6 Å². The predicted octanol–water partition coefficient (Wildman–Crippen LogP) is 4.94. The second kappa shape index (κ2) is 4.87. The second-order valence-corrected chi connectivity index (χ2v) is 8.56. The van der Waals surface area contributed by atoms with E-state index in [0.717, 1.165) is 0 Å². The van der Waals surface area contributed by atoms with Gasteiger partial charge in [0.2, 0.25) is 0 Å². The minimum atomic E-state index is -5.15. The smallest absolute Gasteiger partial charge is 0.458 e. The Morgan fingerprint density at radius 3 is 2.14 bits per heavy atom. The molecule has 1 saturated carbocycles. The first-order valence-electron chi connectivity index (χ1n) is 5.29. The number of allylic oxidation sites excluding steroid dienone is 1. The Labute approximate surface area is 147 Å². The van der Waals surface area contributed by atoms with E-state index in [4.69, 9.17) is 69.6 Å². The fourth-order valence-electron chi connectivity index (χ4n) is 2.41. The van der Waals surface area contributed by atoms with Crippen LogP contribution in [0.5, 0.6) is 0 Å². The lowest BCUT2D eigenvalue weighted by Gasteiger charge is -2.43. The second-order valence-electron chi connectivity index (χ2n) is 4.85. The van der Waals surface area contributed by atoms with Crippen LogP contribution in [-0.4, -0.2) is 32.3 Å². The number of ether oxygens (including phenoxy) is 1. The average Bonchev–Trinajstić information content (AvgIpc) is 2.64. The van der Waals surface area contributed by atoms with Gasteiger partial charge in [0, 0.05) is 5.03 Å². The van der Waals surface area contributed by atoms with E-state index < -0.39 is 37.7 Å². The highest BCUT2D eigenvalue weighted by Crippen LogP contribution is 2.76. The van der Waals surface area contributed by atoms with E-state index in [9.17, 15) is 18.0 Å². The van der Waals surface area contributed by atoms with Crippen LogP contribution in [-0.2, 0) is 9.53 Å². The van der Waals surface area contributed by atoms with Gasteiger partial charge in [0.25, 0.3) is 0 Å². The van der Waals surface area contributed by atoms with Crippen LogP contribution in [0.4, 0.5) is 13.2 Å². The lowest BCUT2D eigenvalue weighted by molar-refractivity contribution is -0.202. The molecule has 120 valence electrons. The van der Waals surface area contributed by atoms with Gasteiger partial charge in [-0.05, 0) is 6.42 Å². The summed E-state index contributed by atoms with van der Waals surface area (Å²) in [6.07, 6.45) is -4.10. The van der Waals surface area contributed by atoms with Gasteiger partial charge in [0.15, 0.2) is 8.67 Å². The number of fused-ring (bicyclic) bond motifs is 2. The summed E-state index contributed by atoms with van der Waals surface area (Å²) in [6, 6.07) is 0. The summed E-state index contributed by atoms with van der Waals surface area (Å²) < 4.78 is 36.8. The number of esters is 1. The Hall–Kier alpha value is 0.740. The molecule has 0 heterocycles. The lowest BCUT2D eigenvalue weighted by atomic mass is 9.87. The molecule has 2 unspecified atom stereocenters. The van der Waals surface area contributed by atoms with E-state index in [-0.39, 0.29) is 11.5 Å². The van der Waals surface area contributed by atoms with Crippen LogP contribution in [0.25, 0.3) is 0 Å². The van der Waals surface area contributed by atoms with Gasteiger partial charge in [-0.25, -0.2) is 4.79 Å². The van der Waals surface area contributed by atoms with Crippen molar-refractivity contribution in [1.29, 1.82) is 0 Å². The topological polar surface area (TPSA) is 26.3 Å². The van der Waals surface area contributed by atoms with Crippen molar-refractivity contribution in [2.24, 2.45) is 5.41 Å². The standard InChI is InChI=1S/C10H5Cl6F3O2/c11-4-1-6(3-21-5(20)8(17,18)19)2-7(4,12)10(15,16)9(6,13)14/h1H,2-3H2. The van der Waals surface area contributed by atoms with Crippen LogP contribution in [0, 0.1) is 5.41 Å². The van der Waals surface area contributed by atoms with Gasteiger partial charge in [0.1, 0.15) is 11.5 Å². The molecule has 1 fully saturated rings. The zero-order valence-electron chi connectivity index (χ0n) is 9.71. The molecule has 2 aliphatic rings. The molecule has 11 heteroatoms. The van der Waals surface area contributed by atoms with Crippen LogP contribution >= 0.6 is 69.6 Å². The molecule has 2 nitrogen and oxygen atoms in total. The van der Waals surface area contributed by atoms with Gasteiger partial charge >= 0.3 is 12.1 Å². The third kappa shape index (κ3) is 2.26. The molecule has 2 rings (SSSR count). The van der Waals surface area contributed by atoms with E-state index in [1.807, 2.05) is 0 Å². The summed E-state index contributed by atoms with van der Waals surface area (Å²) >= 11 is 36.5. The molecule has 0 saturated heterocycles. The van der Waals surface area contributed by atoms with Crippen molar-refractivity contribution in [2.75, 3.05) is 6.61 Å². The molecule has 0 radical (unpaired) electrons. The summed E-state index contributed by atoms with van der Waals surface area (Å²) in [6.45, 7) is -0.815. The number of halogens is 9. The number of hydrogen-bond donors (Lipinski definition) is 0. The fraction of sp³-hybridized carbons (Fsp3) is 0.700. The first kappa shape index (κ1) is 18.1. The van der Waals surface area contributed by atoms with Gasteiger partial charge in [0.05, 0.1) is 5.41 Å². The van der Waals surface area contributed by atoms with Gasteiger partial charge < -0.3 is 4.74 Å². The molecule has 0 spiro atoms. The number of carbonyl (C=O) groups is 1. The van der Waals surface area contributed by atoms with Gasteiger partial charge in [-0.3, -0.25) is 0 Å². The zero-order chi connectivity index (χ0) is 16.5. The molecule has 2 atom stereocenters.